The highest BCUT2D eigenvalue weighted by Crippen LogP contribution is 2.38. The molecule has 0 saturated heterocycles. The first-order valence-electron chi connectivity index (χ1n) is 8.98. The molecule has 2 aromatic heterocycles. The van der Waals surface area contributed by atoms with Crippen molar-refractivity contribution in [2.75, 3.05) is 13.6 Å². The molecule has 2 atom stereocenters. The van der Waals surface area contributed by atoms with Crippen molar-refractivity contribution in [3.05, 3.63) is 29.4 Å². The Balaban J connectivity index is 1.38. The summed E-state index contributed by atoms with van der Waals surface area (Å²) in [6.45, 7) is 3.31. The quantitative estimate of drug-likeness (QED) is 0.808. The van der Waals surface area contributed by atoms with E-state index in [1.54, 1.807) is 4.57 Å². The molecule has 0 bridgehead atoms. The van der Waals surface area contributed by atoms with Crippen LogP contribution in [0.2, 0.25) is 0 Å². The summed E-state index contributed by atoms with van der Waals surface area (Å²) in [6, 6.07) is -0.0232. The van der Waals surface area contributed by atoms with Gasteiger partial charge in [-0.3, -0.25) is 4.90 Å². The molecule has 0 radical (unpaired) electrons. The third-order valence-electron chi connectivity index (χ3n) is 5.35. The molecule has 2 aliphatic rings. The van der Waals surface area contributed by atoms with Crippen molar-refractivity contribution in [1.29, 1.82) is 0 Å². The van der Waals surface area contributed by atoms with Gasteiger partial charge < -0.3 is 9.09 Å². The summed E-state index contributed by atoms with van der Waals surface area (Å²) in [4.78, 5) is 10.4. The molecule has 0 amide bonds. The van der Waals surface area contributed by atoms with Gasteiger partial charge in [-0.1, -0.05) is 5.16 Å². The van der Waals surface area contributed by atoms with Crippen LogP contribution in [0.5, 0.6) is 0 Å². The summed E-state index contributed by atoms with van der Waals surface area (Å²) in [5.74, 6) is 2.63. The second-order valence-electron chi connectivity index (χ2n) is 7.48. The molecule has 1 aliphatic carbocycles. The standard InChI is InChI=1S/C17H22F3N5O/c1-10(16-22-15(23-26-16)12-4-5-12)24(2)7-11-3-6-14-21-13(17(18,19)20)9-25(14)8-11/h9-12H,3-8H2,1-2H3. The van der Waals surface area contributed by atoms with Crippen LogP contribution < -0.4 is 0 Å². The number of aryl methyl sites for hydroxylation is 1. The lowest BCUT2D eigenvalue weighted by Gasteiger charge is -2.30. The fraction of sp³-hybridized carbons (Fsp3) is 0.706. The zero-order valence-corrected chi connectivity index (χ0v) is 14.8. The lowest BCUT2D eigenvalue weighted by Crippen LogP contribution is -2.33. The molecule has 1 aliphatic heterocycles. The third-order valence-corrected chi connectivity index (χ3v) is 5.35. The lowest BCUT2D eigenvalue weighted by atomic mass is 9.98. The van der Waals surface area contributed by atoms with Gasteiger partial charge in [0.25, 0.3) is 0 Å². The Bertz CT molecular complexity index is 780. The van der Waals surface area contributed by atoms with E-state index in [4.69, 9.17) is 4.52 Å². The summed E-state index contributed by atoms with van der Waals surface area (Å²) >= 11 is 0. The number of imidazole rings is 1. The summed E-state index contributed by atoms with van der Waals surface area (Å²) in [7, 11) is 1.98. The van der Waals surface area contributed by atoms with Crippen molar-refractivity contribution < 1.29 is 17.7 Å². The van der Waals surface area contributed by atoms with Gasteiger partial charge in [-0.2, -0.15) is 18.2 Å². The van der Waals surface area contributed by atoms with Crippen LogP contribution in [0, 0.1) is 5.92 Å². The Morgan fingerprint density at radius 3 is 2.77 bits per heavy atom. The Kier molecular flexibility index (Phi) is 4.29. The van der Waals surface area contributed by atoms with Gasteiger partial charge in [0.1, 0.15) is 5.82 Å². The van der Waals surface area contributed by atoms with E-state index in [1.807, 2.05) is 14.0 Å². The van der Waals surface area contributed by atoms with E-state index in [-0.39, 0.29) is 12.0 Å². The molecular formula is C17H22F3N5O. The Labute approximate surface area is 149 Å². The molecule has 3 heterocycles. The minimum absolute atomic E-state index is 0.0232. The number of hydrogen-bond acceptors (Lipinski definition) is 5. The zero-order valence-electron chi connectivity index (χ0n) is 14.8. The van der Waals surface area contributed by atoms with Crippen LogP contribution in [0.15, 0.2) is 10.7 Å². The summed E-state index contributed by atoms with van der Waals surface area (Å²) in [6.07, 6.45) is 0.377. The second-order valence-corrected chi connectivity index (χ2v) is 7.48. The van der Waals surface area contributed by atoms with Crippen LogP contribution in [0.4, 0.5) is 13.2 Å². The highest BCUT2D eigenvalue weighted by atomic mass is 19.4. The molecule has 0 aromatic carbocycles. The molecule has 4 rings (SSSR count). The number of aromatic nitrogens is 4. The number of halogens is 3. The average Bonchev–Trinajstić information content (AvgIpc) is 3.15. The van der Waals surface area contributed by atoms with Crippen molar-refractivity contribution in [3.8, 4) is 0 Å². The number of alkyl halides is 3. The van der Waals surface area contributed by atoms with E-state index in [0.717, 1.165) is 37.8 Å². The first-order valence-corrected chi connectivity index (χ1v) is 8.98. The van der Waals surface area contributed by atoms with Crippen LogP contribution in [0.25, 0.3) is 0 Å². The number of fused-ring (bicyclic) bond motifs is 1. The van der Waals surface area contributed by atoms with E-state index in [0.29, 0.717) is 30.6 Å². The largest absolute Gasteiger partial charge is 0.434 e. The van der Waals surface area contributed by atoms with Crippen molar-refractivity contribution in [1.82, 2.24) is 24.6 Å². The van der Waals surface area contributed by atoms with Gasteiger partial charge in [0.15, 0.2) is 11.5 Å². The summed E-state index contributed by atoms with van der Waals surface area (Å²) in [5, 5.41) is 4.05. The molecule has 142 valence electrons. The topological polar surface area (TPSA) is 60.0 Å². The lowest BCUT2D eigenvalue weighted by molar-refractivity contribution is -0.141. The maximum Gasteiger partial charge on any atom is 0.434 e. The predicted octanol–water partition coefficient (Wildman–Crippen LogP) is 3.42. The van der Waals surface area contributed by atoms with Crippen molar-refractivity contribution in [2.45, 2.75) is 57.3 Å². The van der Waals surface area contributed by atoms with Gasteiger partial charge >= 0.3 is 6.18 Å². The van der Waals surface area contributed by atoms with Gasteiger partial charge in [0, 0.05) is 31.6 Å². The Morgan fingerprint density at radius 2 is 2.08 bits per heavy atom. The van der Waals surface area contributed by atoms with Crippen molar-refractivity contribution in [3.63, 3.8) is 0 Å². The summed E-state index contributed by atoms with van der Waals surface area (Å²) < 4.78 is 45.5. The van der Waals surface area contributed by atoms with E-state index >= 15 is 0 Å². The maximum atomic E-state index is 12.8. The van der Waals surface area contributed by atoms with Crippen LogP contribution in [0.3, 0.4) is 0 Å². The summed E-state index contributed by atoms with van der Waals surface area (Å²) in [5.41, 5.74) is -0.798. The Hall–Kier alpha value is -1.90. The van der Waals surface area contributed by atoms with Crippen LogP contribution >= 0.6 is 0 Å². The first kappa shape index (κ1) is 17.5. The molecule has 2 aromatic rings. The predicted molar refractivity (Wildman–Crippen MR) is 86.4 cm³/mol. The van der Waals surface area contributed by atoms with Crippen molar-refractivity contribution >= 4 is 0 Å². The van der Waals surface area contributed by atoms with E-state index < -0.39 is 11.9 Å². The smallest absolute Gasteiger partial charge is 0.338 e. The van der Waals surface area contributed by atoms with Crippen LogP contribution in [-0.4, -0.2) is 38.2 Å². The highest BCUT2D eigenvalue weighted by Gasteiger charge is 2.36. The van der Waals surface area contributed by atoms with Gasteiger partial charge in [-0.15, -0.1) is 0 Å². The molecule has 9 heteroatoms. The molecule has 0 N–H and O–H groups in total. The molecule has 1 fully saturated rings. The monoisotopic (exact) mass is 369 g/mol. The van der Waals surface area contributed by atoms with Crippen molar-refractivity contribution in [2.24, 2.45) is 5.92 Å². The molecule has 2 unspecified atom stereocenters. The van der Waals surface area contributed by atoms with Gasteiger partial charge in [-0.25, -0.2) is 4.98 Å². The van der Waals surface area contributed by atoms with Gasteiger partial charge in [0.05, 0.1) is 6.04 Å². The number of nitrogens with zero attached hydrogens (tertiary/aromatic N) is 5. The molecule has 1 saturated carbocycles. The zero-order chi connectivity index (χ0) is 18.5. The highest BCUT2D eigenvalue weighted by molar-refractivity contribution is 5.10. The SMILES string of the molecule is CC(c1nc(C2CC2)no1)N(C)CC1CCc2nc(C(F)(F)F)cn2C1. The first-order chi connectivity index (χ1) is 12.3. The molecular weight excluding hydrogens is 347 g/mol. The van der Waals surface area contributed by atoms with Gasteiger partial charge in [0.2, 0.25) is 5.89 Å². The number of rotatable bonds is 5. The van der Waals surface area contributed by atoms with Gasteiger partial charge in [-0.05, 0) is 39.2 Å². The molecule has 0 spiro atoms. The van der Waals surface area contributed by atoms with Crippen LogP contribution in [-0.2, 0) is 19.1 Å². The third kappa shape index (κ3) is 3.49. The molecule has 6 nitrogen and oxygen atoms in total. The fourth-order valence-corrected chi connectivity index (χ4v) is 3.48. The minimum Gasteiger partial charge on any atom is -0.338 e. The maximum absolute atomic E-state index is 12.8. The molecule has 26 heavy (non-hydrogen) atoms. The average molecular weight is 369 g/mol. The van der Waals surface area contributed by atoms with E-state index in [9.17, 15) is 13.2 Å². The number of hydrogen-bond donors (Lipinski definition) is 0. The Morgan fingerprint density at radius 1 is 1.31 bits per heavy atom. The minimum atomic E-state index is -4.39. The van der Waals surface area contributed by atoms with E-state index in [1.165, 1.54) is 0 Å². The fourth-order valence-electron chi connectivity index (χ4n) is 3.48. The van der Waals surface area contributed by atoms with Crippen LogP contribution in [0.1, 0.15) is 61.4 Å². The van der Waals surface area contributed by atoms with E-state index in [2.05, 4.69) is 20.0 Å². The second kappa shape index (κ2) is 6.37. The normalized spacial score (nSPS) is 21.8.